The molecule has 0 atom stereocenters. The highest BCUT2D eigenvalue weighted by atomic mass is 79.9. The molecule has 0 saturated heterocycles. The van der Waals surface area contributed by atoms with E-state index in [0.29, 0.717) is 10.7 Å². The van der Waals surface area contributed by atoms with Crippen LogP contribution in [0.2, 0.25) is 5.02 Å². The number of halogens is 2. The standard InChI is InChI=1S/C17H15BrClN3O/c18-12-7-9-13(10-8-12)22(16-6-3-11-20-16)17(23)21-15-5-2-1-4-14(15)19/h1-2,4-5,7-10H,3,6,11H2,(H,21,23). The summed E-state index contributed by atoms with van der Waals surface area (Å²) in [5.74, 6) is 0.775. The molecule has 1 heterocycles. The molecule has 1 aliphatic heterocycles. The maximum absolute atomic E-state index is 12.8. The number of amides is 2. The molecule has 0 radical (unpaired) electrons. The van der Waals surface area contributed by atoms with Crippen LogP contribution < -0.4 is 10.2 Å². The quantitative estimate of drug-likeness (QED) is 0.737. The van der Waals surface area contributed by atoms with Crippen molar-refractivity contribution >= 4 is 50.8 Å². The first-order valence-corrected chi connectivity index (χ1v) is 8.47. The highest BCUT2D eigenvalue weighted by Gasteiger charge is 2.24. The smallest absolute Gasteiger partial charge is 0.306 e. The van der Waals surface area contributed by atoms with Crippen LogP contribution in [0.15, 0.2) is 58.0 Å². The fourth-order valence-corrected chi connectivity index (χ4v) is 2.86. The summed E-state index contributed by atoms with van der Waals surface area (Å²) >= 11 is 9.54. The second-order valence-electron chi connectivity index (χ2n) is 5.12. The van der Waals surface area contributed by atoms with E-state index in [4.69, 9.17) is 11.6 Å². The van der Waals surface area contributed by atoms with E-state index >= 15 is 0 Å². The van der Waals surface area contributed by atoms with Crippen LogP contribution in [0.4, 0.5) is 16.2 Å². The molecule has 118 valence electrons. The number of urea groups is 1. The fourth-order valence-electron chi connectivity index (χ4n) is 2.41. The van der Waals surface area contributed by atoms with Crippen molar-refractivity contribution < 1.29 is 4.79 Å². The second-order valence-corrected chi connectivity index (χ2v) is 6.45. The molecule has 0 saturated carbocycles. The van der Waals surface area contributed by atoms with Crippen LogP contribution in [0.3, 0.4) is 0 Å². The third-order valence-electron chi connectivity index (χ3n) is 3.51. The van der Waals surface area contributed by atoms with E-state index in [0.717, 1.165) is 35.4 Å². The third-order valence-corrected chi connectivity index (χ3v) is 4.37. The Labute approximate surface area is 148 Å². The maximum atomic E-state index is 12.8. The van der Waals surface area contributed by atoms with Crippen LogP contribution in [-0.4, -0.2) is 18.4 Å². The maximum Gasteiger partial charge on any atom is 0.331 e. The first kappa shape index (κ1) is 16.0. The molecule has 4 nitrogen and oxygen atoms in total. The van der Waals surface area contributed by atoms with Gasteiger partial charge >= 0.3 is 6.03 Å². The number of rotatable bonds is 2. The molecule has 3 rings (SSSR count). The first-order valence-electron chi connectivity index (χ1n) is 7.30. The van der Waals surface area contributed by atoms with Gasteiger partial charge in [0.15, 0.2) is 0 Å². The van der Waals surface area contributed by atoms with Gasteiger partial charge < -0.3 is 5.32 Å². The average Bonchev–Trinajstić information content (AvgIpc) is 3.06. The van der Waals surface area contributed by atoms with Crippen LogP contribution >= 0.6 is 27.5 Å². The molecule has 0 aliphatic carbocycles. The van der Waals surface area contributed by atoms with Gasteiger partial charge in [-0.05, 0) is 42.8 Å². The SMILES string of the molecule is O=C(Nc1ccccc1Cl)N(C1=NCCC1)c1ccc(Br)cc1. The molecule has 2 aromatic rings. The number of hydrogen-bond acceptors (Lipinski definition) is 2. The molecular formula is C17H15BrClN3O. The minimum Gasteiger partial charge on any atom is -0.306 e. The molecule has 1 aliphatic rings. The summed E-state index contributed by atoms with van der Waals surface area (Å²) in [6.07, 6.45) is 1.74. The molecule has 0 spiro atoms. The molecule has 2 aromatic carbocycles. The van der Waals surface area contributed by atoms with Crippen molar-refractivity contribution in [1.82, 2.24) is 0 Å². The lowest BCUT2D eigenvalue weighted by atomic mass is 10.2. The van der Waals surface area contributed by atoms with Gasteiger partial charge in [-0.25, -0.2) is 4.79 Å². The van der Waals surface area contributed by atoms with E-state index in [1.165, 1.54) is 0 Å². The minimum absolute atomic E-state index is 0.263. The predicted octanol–water partition coefficient (Wildman–Crippen LogP) is 5.33. The molecule has 0 fully saturated rings. The molecule has 0 aromatic heterocycles. The number of para-hydroxylation sites is 1. The normalized spacial score (nSPS) is 13.6. The lowest BCUT2D eigenvalue weighted by Crippen LogP contribution is -2.39. The third kappa shape index (κ3) is 3.74. The van der Waals surface area contributed by atoms with E-state index < -0.39 is 0 Å². The first-order chi connectivity index (χ1) is 11.1. The van der Waals surface area contributed by atoms with Crippen molar-refractivity contribution in [2.24, 2.45) is 4.99 Å². The van der Waals surface area contributed by atoms with Crippen molar-refractivity contribution in [3.63, 3.8) is 0 Å². The summed E-state index contributed by atoms with van der Waals surface area (Å²) in [4.78, 5) is 18.9. The number of carbonyl (C=O) groups is 1. The van der Waals surface area contributed by atoms with Crippen molar-refractivity contribution in [2.75, 3.05) is 16.8 Å². The summed E-state index contributed by atoms with van der Waals surface area (Å²) in [6.45, 7) is 0.752. The number of nitrogens with zero attached hydrogens (tertiary/aromatic N) is 2. The number of nitrogens with one attached hydrogen (secondary N) is 1. The zero-order chi connectivity index (χ0) is 16.2. The molecular weight excluding hydrogens is 378 g/mol. The lowest BCUT2D eigenvalue weighted by Gasteiger charge is -2.23. The van der Waals surface area contributed by atoms with Gasteiger partial charge in [-0.3, -0.25) is 9.89 Å². The highest BCUT2D eigenvalue weighted by molar-refractivity contribution is 9.10. The summed E-state index contributed by atoms with van der Waals surface area (Å²) in [6, 6.07) is 14.5. The number of benzene rings is 2. The van der Waals surface area contributed by atoms with Crippen molar-refractivity contribution in [3.8, 4) is 0 Å². The number of aliphatic imine (C=N–C) groups is 1. The zero-order valence-corrected chi connectivity index (χ0v) is 14.6. The number of carbonyl (C=O) groups excluding carboxylic acids is 1. The van der Waals surface area contributed by atoms with Crippen molar-refractivity contribution in [3.05, 3.63) is 58.0 Å². The lowest BCUT2D eigenvalue weighted by molar-refractivity contribution is 0.259. The molecule has 23 heavy (non-hydrogen) atoms. The van der Waals surface area contributed by atoms with Crippen molar-refractivity contribution in [1.29, 1.82) is 0 Å². The van der Waals surface area contributed by atoms with Gasteiger partial charge in [-0.15, -0.1) is 0 Å². The van der Waals surface area contributed by atoms with E-state index in [-0.39, 0.29) is 6.03 Å². The summed E-state index contributed by atoms with van der Waals surface area (Å²) < 4.78 is 0.959. The molecule has 2 amide bonds. The van der Waals surface area contributed by atoms with E-state index in [2.05, 4.69) is 26.2 Å². The van der Waals surface area contributed by atoms with Gasteiger partial charge in [-0.1, -0.05) is 39.7 Å². The predicted molar refractivity (Wildman–Crippen MR) is 98.6 cm³/mol. The monoisotopic (exact) mass is 391 g/mol. The Bertz CT molecular complexity index is 746. The molecule has 6 heteroatoms. The number of amidine groups is 1. The second kappa shape index (κ2) is 7.15. The van der Waals surface area contributed by atoms with Crippen molar-refractivity contribution in [2.45, 2.75) is 12.8 Å². The van der Waals surface area contributed by atoms with Crippen LogP contribution in [0.25, 0.3) is 0 Å². The van der Waals surface area contributed by atoms with E-state index in [9.17, 15) is 4.79 Å². The Kier molecular flexibility index (Phi) is 4.98. The van der Waals surface area contributed by atoms with Gasteiger partial charge in [0.05, 0.1) is 16.4 Å². The van der Waals surface area contributed by atoms with Gasteiger partial charge in [0.1, 0.15) is 5.84 Å². The van der Waals surface area contributed by atoms with Gasteiger partial charge in [0.2, 0.25) is 0 Å². The Balaban J connectivity index is 1.90. The van der Waals surface area contributed by atoms with E-state index in [1.807, 2.05) is 36.4 Å². The average molecular weight is 393 g/mol. The Morgan fingerprint density at radius 3 is 2.57 bits per heavy atom. The Morgan fingerprint density at radius 1 is 1.17 bits per heavy atom. The Morgan fingerprint density at radius 2 is 1.91 bits per heavy atom. The van der Waals surface area contributed by atoms with Crippen LogP contribution in [0.1, 0.15) is 12.8 Å². The van der Waals surface area contributed by atoms with Gasteiger partial charge in [0.25, 0.3) is 0 Å². The summed E-state index contributed by atoms with van der Waals surface area (Å²) in [5.41, 5.74) is 1.36. The van der Waals surface area contributed by atoms with Crippen LogP contribution in [0, 0.1) is 0 Å². The summed E-state index contributed by atoms with van der Waals surface area (Å²) in [7, 11) is 0. The van der Waals surface area contributed by atoms with Crippen LogP contribution in [-0.2, 0) is 0 Å². The largest absolute Gasteiger partial charge is 0.331 e. The fraction of sp³-hybridized carbons (Fsp3) is 0.176. The zero-order valence-electron chi connectivity index (χ0n) is 12.3. The van der Waals surface area contributed by atoms with Gasteiger partial charge in [-0.2, -0.15) is 0 Å². The molecule has 0 bridgehead atoms. The van der Waals surface area contributed by atoms with E-state index in [1.54, 1.807) is 17.0 Å². The van der Waals surface area contributed by atoms with Crippen LogP contribution in [0.5, 0.6) is 0 Å². The van der Waals surface area contributed by atoms with Gasteiger partial charge in [0, 0.05) is 17.4 Å². The number of anilines is 2. The minimum atomic E-state index is -0.263. The topological polar surface area (TPSA) is 44.7 Å². The summed E-state index contributed by atoms with van der Waals surface area (Å²) in [5, 5.41) is 3.37. The molecule has 1 N–H and O–H groups in total. The highest BCUT2D eigenvalue weighted by Crippen LogP contribution is 2.25. The Hall–Kier alpha value is -1.85. The number of hydrogen-bond donors (Lipinski definition) is 1. The molecule has 0 unspecified atom stereocenters.